The zero-order valence-electron chi connectivity index (χ0n) is 13.0. The highest BCUT2D eigenvalue weighted by molar-refractivity contribution is 5.74. The number of nitrogens with one attached hydrogen (secondary N) is 2. The van der Waals surface area contributed by atoms with Gasteiger partial charge in [-0.2, -0.15) is 0 Å². The first-order valence-electron chi connectivity index (χ1n) is 7.98. The Hall–Kier alpha value is -1.54. The molecular formula is C14H26N4O4. The predicted molar refractivity (Wildman–Crippen MR) is 80.3 cm³/mol. The summed E-state index contributed by atoms with van der Waals surface area (Å²) in [5.41, 5.74) is 0. The summed E-state index contributed by atoms with van der Waals surface area (Å²) in [6, 6.07) is -0.0878. The van der Waals surface area contributed by atoms with Gasteiger partial charge in [-0.1, -0.05) is 12.8 Å². The molecule has 0 aromatic heterocycles. The Bertz CT molecular complexity index is 321. The van der Waals surface area contributed by atoms with Crippen molar-refractivity contribution in [2.45, 2.75) is 25.7 Å². The average molecular weight is 314 g/mol. The van der Waals surface area contributed by atoms with Crippen molar-refractivity contribution in [2.75, 3.05) is 52.9 Å². The molecule has 2 aliphatic rings. The van der Waals surface area contributed by atoms with Crippen LogP contribution in [0.2, 0.25) is 0 Å². The number of unbranched alkanes of at least 4 members (excludes halogenated alkanes) is 3. The summed E-state index contributed by atoms with van der Waals surface area (Å²) >= 11 is 0. The standard InChI is InChI=1S/C14H26N4O4/c19-13(17-7-9-21-11-17)15-5-3-1-2-4-6-16-14(20)18-8-10-22-12-18/h1-12H2,(H,15,19)(H,16,20). The zero-order valence-corrected chi connectivity index (χ0v) is 13.0. The first-order chi connectivity index (χ1) is 10.8. The van der Waals surface area contributed by atoms with E-state index in [1.807, 2.05) is 0 Å². The molecule has 2 aliphatic heterocycles. The van der Waals surface area contributed by atoms with E-state index in [0.29, 0.717) is 52.9 Å². The Balaban J connectivity index is 1.38. The predicted octanol–water partition coefficient (Wildman–Crippen LogP) is 0.545. The minimum absolute atomic E-state index is 0.0439. The van der Waals surface area contributed by atoms with Gasteiger partial charge in [0.25, 0.3) is 0 Å². The molecule has 0 unspecified atom stereocenters. The van der Waals surface area contributed by atoms with Crippen molar-refractivity contribution in [3.8, 4) is 0 Å². The van der Waals surface area contributed by atoms with E-state index >= 15 is 0 Å². The maximum absolute atomic E-state index is 11.7. The Morgan fingerprint density at radius 2 is 1.23 bits per heavy atom. The van der Waals surface area contributed by atoms with Crippen molar-refractivity contribution in [2.24, 2.45) is 0 Å². The second-order valence-electron chi connectivity index (χ2n) is 5.48. The van der Waals surface area contributed by atoms with Gasteiger partial charge in [0.05, 0.1) is 13.2 Å². The fourth-order valence-electron chi connectivity index (χ4n) is 2.37. The second kappa shape index (κ2) is 9.47. The van der Waals surface area contributed by atoms with Crippen molar-refractivity contribution in [1.29, 1.82) is 0 Å². The van der Waals surface area contributed by atoms with Crippen LogP contribution >= 0.6 is 0 Å². The lowest BCUT2D eigenvalue weighted by Crippen LogP contribution is -2.39. The largest absolute Gasteiger partial charge is 0.359 e. The number of hydrogen-bond acceptors (Lipinski definition) is 4. The maximum Gasteiger partial charge on any atom is 0.319 e. The van der Waals surface area contributed by atoms with Crippen molar-refractivity contribution in [1.82, 2.24) is 20.4 Å². The molecule has 0 aliphatic carbocycles. The number of hydrogen-bond donors (Lipinski definition) is 2. The fourth-order valence-corrected chi connectivity index (χ4v) is 2.37. The highest BCUT2D eigenvalue weighted by Gasteiger charge is 2.18. The third-order valence-corrected chi connectivity index (χ3v) is 3.74. The minimum Gasteiger partial charge on any atom is -0.359 e. The molecule has 0 aromatic carbocycles. The molecule has 2 rings (SSSR count). The Labute approximate surface area is 131 Å². The molecule has 0 spiro atoms. The van der Waals surface area contributed by atoms with E-state index in [-0.39, 0.29) is 12.1 Å². The maximum atomic E-state index is 11.7. The van der Waals surface area contributed by atoms with Crippen LogP contribution in [-0.4, -0.2) is 74.7 Å². The normalized spacial score (nSPS) is 17.8. The van der Waals surface area contributed by atoms with Crippen molar-refractivity contribution >= 4 is 12.1 Å². The highest BCUT2D eigenvalue weighted by Crippen LogP contribution is 2.02. The summed E-state index contributed by atoms with van der Waals surface area (Å²) in [6.45, 7) is 4.77. The number of urea groups is 2. The lowest BCUT2D eigenvalue weighted by atomic mass is 10.2. The number of amides is 4. The fraction of sp³-hybridized carbons (Fsp3) is 0.857. The quantitative estimate of drug-likeness (QED) is 0.672. The second-order valence-corrected chi connectivity index (χ2v) is 5.48. The molecule has 0 saturated carbocycles. The Morgan fingerprint density at radius 1 is 0.773 bits per heavy atom. The molecule has 2 saturated heterocycles. The SMILES string of the molecule is O=C(NCCCCCCNC(=O)N1CCOC1)N1CCOC1. The van der Waals surface area contributed by atoms with Gasteiger partial charge in [-0.05, 0) is 12.8 Å². The van der Waals surface area contributed by atoms with Crippen LogP contribution in [0, 0.1) is 0 Å². The van der Waals surface area contributed by atoms with E-state index in [0.717, 1.165) is 25.7 Å². The Morgan fingerprint density at radius 3 is 1.59 bits per heavy atom. The van der Waals surface area contributed by atoms with E-state index in [4.69, 9.17) is 9.47 Å². The van der Waals surface area contributed by atoms with Gasteiger partial charge in [-0.15, -0.1) is 0 Å². The van der Waals surface area contributed by atoms with Crippen LogP contribution < -0.4 is 10.6 Å². The van der Waals surface area contributed by atoms with Gasteiger partial charge in [0.2, 0.25) is 0 Å². The molecule has 2 fully saturated rings. The molecule has 2 N–H and O–H groups in total. The molecule has 0 aromatic rings. The van der Waals surface area contributed by atoms with E-state index in [1.165, 1.54) is 0 Å². The van der Waals surface area contributed by atoms with Gasteiger partial charge in [0.15, 0.2) is 0 Å². The van der Waals surface area contributed by atoms with Gasteiger partial charge >= 0.3 is 12.1 Å². The number of rotatable bonds is 7. The topological polar surface area (TPSA) is 83.1 Å². The van der Waals surface area contributed by atoms with E-state index in [9.17, 15) is 9.59 Å². The van der Waals surface area contributed by atoms with Crippen LogP contribution in [0.5, 0.6) is 0 Å². The van der Waals surface area contributed by atoms with Gasteiger partial charge in [0.1, 0.15) is 13.5 Å². The molecule has 2 heterocycles. The van der Waals surface area contributed by atoms with Gasteiger partial charge in [-0.3, -0.25) is 9.80 Å². The molecule has 22 heavy (non-hydrogen) atoms. The molecule has 0 atom stereocenters. The zero-order chi connectivity index (χ0) is 15.6. The van der Waals surface area contributed by atoms with Crippen LogP contribution in [0.15, 0.2) is 0 Å². The lowest BCUT2D eigenvalue weighted by molar-refractivity contribution is 0.143. The molecule has 8 nitrogen and oxygen atoms in total. The van der Waals surface area contributed by atoms with Crippen molar-refractivity contribution in [3.05, 3.63) is 0 Å². The molecule has 0 radical (unpaired) electrons. The summed E-state index contributed by atoms with van der Waals surface area (Å²) in [5, 5.41) is 5.78. The van der Waals surface area contributed by atoms with Crippen molar-refractivity contribution < 1.29 is 19.1 Å². The molecule has 126 valence electrons. The van der Waals surface area contributed by atoms with Gasteiger partial charge < -0.3 is 20.1 Å². The summed E-state index contributed by atoms with van der Waals surface area (Å²) in [4.78, 5) is 26.6. The summed E-state index contributed by atoms with van der Waals surface area (Å²) in [7, 11) is 0. The molecular weight excluding hydrogens is 288 g/mol. The van der Waals surface area contributed by atoms with Crippen LogP contribution in [0.25, 0.3) is 0 Å². The minimum atomic E-state index is -0.0439. The average Bonchev–Trinajstić information content (AvgIpc) is 3.22. The third-order valence-electron chi connectivity index (χ3n) is 3.74. The number of ether oxygens (including phenoxy) is 2. The summed E-state index contributed by atoms with van der Waals surface area (Å²) < 4.78 is 10.3. The molecule has 0 bridgehead atoms. The summed E-state index contributed by atoms with van der Waals surface area (Å²) in [5.74, 6) is 0. The van der Waals surface area contributed by atoms with Gasteiger partial charge in [-0.25, -0.2) is 9.59 Å². The van der Waals surface area contributed by atoms with Crippen LogP contribution in [0.1, 0.15) is 25.7 Å². The highest BCUT2D eigenvalue weighted by atomic mass is 16.5. The first kappa shape index (κ1) is 16.8. The van der Waals surface area contributed by atoms with E-state index in [2.05, 4.69) is 10.6 Å². The van der Waals surface area contributed by atoms with Crippen LogP contribution in [0.3, 0.4) is 0 Å². The Kier molecular flexibility index (Phi) is 7.24. The first-order valence-corrected chi connectivity index (χ1v) is 7.98. The number of carbonyl (C=O) groups is 2. The summed E-state index contributed by atoms with van der Waals surface area (Å²) in [6.07, 6.45) is 3.99. The van der Waals surface area contributed by atoms with Crippen LogP contribution in [-0.2, 0) is 9.47 Å². The number of carbonyl (C=O) groups excluding carboxylic acids is 2. The smallest absolute Gasteiger partial charge is 0.319 e. The monoisotopic (exact) mass is 314 g/mol. The van der Waals surface area contributed by atoms with Crippen molar-refractivity contribution in [3.63, 3.8) is 0 Å². The van der Waals surface area contributed by atoms with Gasteiger partial charge in [0, 0.05) is 26.2 Å². The van der Waals surface area contributed by atoms with E-state index in [1.54, 1.807) is 9.80 Å². The lowest BCUT2D eigenvalue weighted by Gasteiger charge is -2.15. The van der Waals surface area contributed by atoms with Crippen LogP contribution in [0.4, 0.5) is 9.59 Å². The third kappa shape index (κ3) is 5.69. The molecule has 8 heteroatoms. The van der Waals surface area contributed by atoms with E-state index < -0.39 is 0 Å². The molecule has 4 amide bonds. The number of nitrogens with zero attached hydrogens (tertiary/aromatic N) is 2.